The number of rotatable bonds is 7. The zero-order valence-corrected chi connectivity index (χ0v) is 15.9. The van der Waals surface area contributed by atoms with Gasteiger partial charge in [-0.3, -0.25) is 10.9 Å². The van der Waals surface area contributed by atoms with Crippen molar-refractivity contribution in [1.29, 1.82) is 0 Å². The Balaban J connectivity index is 2.27. The van der Waals surface area contributed by atoms with Gasteiger partial charge < -0.3 is 10.4 Å². The van der Waals surface area contributed by atoms with E-state index >= 15 is 0 Å². The summed E-state index contributed by atoms with van der Waals surface area (Å²) in [4.78, 5) is 7.49. The van der Waals surface area contributed by atoms with Crippen molar-refractivity contribution in [3.63, 3.8) is 0 Å². The largest absolute Gasteiger partial charge is 0.433 e. The van der Waals surface area contributed by atoms with E-state index in [-0.39, 0.29) is 29.3 Å². The lowest BCUT2D eigenvalue weighted by molar-refractivity contribution is -0.141. The molecular weight excluding hydrogens is 406 g/mol. The Morgan fingerprint density at radius 2 is 1.81 bits per heavy atom. The number of hydrogen-bond donors (Lipinski definition) is 4. The number of nitrogens with one attached hydrogen (secondary N) is 3. The monoisotopic (exact) mass is 423 g/mol. The molecular formula is C16H18Cl2F3N5O. The molecule has 0 aliphatic rings. The van der Waals surface area contributed by atoms with Gasteiger partial charge in [-0.15, -0.1) is 0 Å². The predicted octanol–water partition coefficient (Wildman–Crippen LogP) is 4.67. The lowest BCUT2D eigenvalue weighted by atomic mass is 10.1. The van der Waals surface area contributed by atoms with Gasteiger partial charge in [0.25, 0.3) is 0 Å². The summed E-state index contributed by atoms with van der Waals surface area (Å²) in [5, 5.41) is 12.8. The number of alkyl halides is 3. The Labute approximate surface area is 164 Å². The van der Waals surface area contributed by atoms with Crippen LogP contribution in [0.4, 0.5) is 30.6 Å². The average molecular weight is 424 g/mol. The minimum absolute atomic E-state index is 0.0458. The maximum atomic E-state index is 13.1. The summed E-state index contributed by atoms with van der Waals surface area (Å²) in [6.07, 6.45) is -4.67. The number of aliphatic hydroxyl groups is 1. The highest BCUT2D eigenvalue weighted by atomic mass is 35.5. The summed E-state index contributed by atoms with van der Waals surface area (Å²) in [7, 11) is 0. The standard InChI is InChI=1S/C16H18Cl2F3N5O/c1-8(2)12(7-27)22-15-23-13(16(19,20)21)6-14(24-15)26-25-11-4-3-9(17)5-10(11)18/h3-6,8,12,25,27H,7H2,1-2H3,(H2,22,23,24,26)/t12-/m0/s1. The molecule has 0 saturated carbocycles. The fourth-order valence-electron chi connectivity index (χ4n) is 2.03. The normalized spacial score (nSPS) is 12.8. The second-order valence-electron chi connectivity index (χ2n) is 6.01. The molecule has 1 atom stereocenters. The van der Waals surface area contributed by atoms with E-state index in [0.29, 0.717) is 10.7 Å². The number of aliphatic hydroxyl groups excluding tert-OH is 1. The molecule has 2 aromatic rings. The first-order valence-electron chi connectivity index (χ1n) is 7.91. The minimum atomic E-state index is -4.67. The van der Waals surface area contributed by atoms with Gasteiger partial charge in [0, 0.05) is 11.1 Å². The van der Waals surface area contributed by atoms with Crippen molar-refractivity contribution in [2.24, 2.45) is 5.92 Å². The summed E-state index contributed by atoms with van der Waals surface area (Å²) in [5.74, 6) is -0.439. The Bertz CT molecular complexity index is 789. The molecule has 0 spiro atoms. The molecule has 0 radical (unpaired) electrons. The number of halogens is 5. The highest BCUT2D eigenvalue weighted by Gasteiger charge is 2.34. The van der Waals surface area contributed by atoms with Crippen LogP contribution in [0.3, 0.4) is 0 Å². The molecule has 6 nitrogen and oxygen atoms in total. The van der Waals surface area contributed by atoms with Gasteiger partial charge in [-0.05, 0) is 24.1 Å². The van der Waals surface area contributed by atoms with Gasteiger partial charge in [-0.2, -0.15) is 18.2 Å². The molecule has 0 aliphatic carbocycles. The van der Waals surface area contributed by atoms with Gasteiger partial charge in [-0.1, -0.05) is 37.0 Å². The van der Waals surface area contributed by atoms with E-state index in [1.54, 1.807) is 12.1 Å². The lowest BCUT2D eigenvalue weighted by Gasteiger charge is -2.21. The van der Waals surface area contributed by atoms with Gasteiger partial charge >= 0.3 is 6.18 Å². The Kier molecular flexibility index (Phi) is 6.96. The van der Waals surface area contributed by atoms with Crippen molar-refractivity contribution < 1.29 is 18.3 Å². The molecule has 27 heavy (non-hydrogen) atoms. The smallest absolute Gasteiger partial charge is 0.394 e. The van der Waals surface area contributed by atoms with Gasteiger partial charge in [0.1, 0.15) is 0 Å². The highest BCUT2D eigenvalue weighted by molar-refractivity contribution is 6.36. The molecule has 1 aromatic carbocycles. The molecule has 0 aliphatic heterocycles. The van der Waals surface area contributed by atoms with Crippen LogP contribution in [-0.4, -0.2) is 27.7 Å². The zero-order chi connectivity index (χ0) is 20.2. The van der Waals surface area contributed by atoms with Crippen LogP contribution >= 0.6 is 23.2 Å². The van der Waals surface area contributed by atoms with E-state index in [2.05, 4.69) is 26.1 Å². The molecule has 4 N–H and O–H groups in total. The number of benzene rings is 1. The summed E-state index contributed by atoms with van der Waals surface area (Å²) >= 11 is 11.8. The number of anilines is 3. The quantitative estimate of drug-likeness (QED) is 0.484. The predicted molar refractivity (Wildman–Crippen MR) is 100 cm³/mol. The van der Waals surface area contributed by atoms with Gasteiger partial charge in [-0.25, -0.2) is 4.98 Å². The Morgan fingerprint density at radius 3 is 2.37 bits per heavy atom. The fourth-order valence-corrected chi connectivity index (χ4v) is 2.49. The third kappa shape index (κ3) is 6.02. The average Bonchev–Trinajstić information content (AvgIpc) is 2.57. The molecule has 0 saturated heterocycles. The van der Waals surface area contributed by atoms with Gasteiger partial charge in [0.2, 0.25) is 5.95 Å². The third-order valence-electron chi connectivity index (χ3n) is 3.59. The molecule has 1 heterocycles. The zero-order valence-electron chi connectivity index (χ0n) is 14.4. The SMILES string of the molecule is CC(C)[C@H](CO)Nc1nc(NNc2ccc(Cl)cc2Cl)cc(C(F)(F)F)n1. The van der Waals surface area contributed by atoms with Crippen molar-refractivity contribution in [3.8, 4) is 0 Å². The van der Waals surface area contributed by atoms with E-state index < -0.39 is 17.9 Å². The maximum absolute atomic E-state index is 13.1. The minimum Gasteiger partial charge on any atom is -0.394 e. The maximum Gasteiger partial charge on any atom is 0.433 e. The van der Waals surface area contributed by atoms with Crippen molar-refractivity contribution in [1.82, 2.24) is 9.97 Å². The number of hydrazine groups is 1. The van der Waals surface area contributed by atoms with E-state index in [1.807, 2.05) is 13.8 Å². The molecule has 11 heteroatoms. The third-order valence-corrected chi connectivity index (χ3v) is 4.14. The van der Waals surface area contributed by atoms with Crippen LogP contribution in [0.2, 0.25) is 10.0 Å². The van der Waals surface area contributed by atoms with Crippen LogP contribution in [0.15, 0.2) is 24.3 Å². The van der Waals surface area contributed by atoms with Crippen molar-refractivity contribution in [3.05, 3.63) is 40.0 Å². The van der Waals surface area contributed by atoms with Crippen molar-refractivity contribution >= 4 is 40.7 Å². The molecule has 2 rings (SSSR count). The fraction of sp³-hybridized carbons (Fsp3) is 0.375. The van der Waals surface area contributed by atoms with E-state index in [0.717, 1.165) is 6.07 Å². The first-order valence-corrected chi connectivity index (χ1v) is 8.66. The van der Waals surface area contributed by atoms with Crippen LogP contribution < -0.4 is 16.2 Å². The van der Waals surface area contributed by atoms with E-state index in [4.69, 9.17) is 23.2 Å². The van der Waals surface area contributed by atoms with Crippen LogP contribution in [0.5, 0.6) is 0 Å². The summed E-state index contributed by atoms with van der Waals surface area (Å²) in [5.41, 5.74) is 4.51. The van der Waals surface area contributed by atoms with Crippen LogP contribution in [-0.2, 0) is 6.18 Å². The second-order valence-corrected chi connectivity index (χ2v) is 6.86. The van der Waals surface area contributed by atoms with Crippen LogP contribution in [0, 0.1) is 5.92 Å². The first kappa shape index (κ1) is 21.3. The van der Waals surface area contributed by atoms with Crippen LogP contribution in [0.1, 0.15) is 19.5 Å². The Morgan fingerprint density at radius 1 is 1.11 bits per heavy atom. The Hall–Kier alpha value is -1.97. The van der Waals surface area contributed by atoms with Crippen molar-refractivity contribution in [2.75, 3.05) is 22.8 Å². The lowest BCUT2D eigenvalue weighted by Crippen LogP contribution is -2.31. The number of hydrogen-bond acceptors (Lipinski definition) is 6. The summed E-state index contributed by atoms with van der Waals surface area (Å²) in [6.45, 7) is 3.34. The molecule has 0 fully saturated rings. The van der Waals surface area contributed by atoms with Gasteiger partial charge in [0.05, 0.1) is 23.4 Å². The first-order chi connectivity index (χ1) is 12.6. The summed E-state index contributed by atoms with van der Waals surface area (Å²) < 4.78 is 39.4. The molecule has 0 bridgehead atoms. The second kappa shape index (κ2) is 8.81. The highest BCUT2D eigenvalue weighted by Crippen LogP contribution is 2.30. The number of nitrogens with zero attached hydrogens (tertiary/aromatic N) is 2. The summed E-state index contributed by atoms with van der Waals surface area (Å²) in [6, 6.07) is 4.87. The van der Waals surface area contributed by atoms with Crippen LogP contribution in [0.25, 0.3) is 0 Å². The van der Waals surface area contributed by atoms with Crippen molar-refractivity contribution in [2.45, 2.75) is 26.1 Å². The van der Waals surface area contributed by atoms with Gasteiger partial charge in [0.15, 0.2) is 11.5 Å². The van der Waals surface area contributed by atoms with E-state index in [9.17, 15) is 18.3 Å². The topological polar surface area (TPSA) is 82.1 Å². The molecule has 148 valence electrons. The molecule has 0 unspecified atom stereocenters. The molecule has 1 aromatic heterocycles. The molecule has 0 amide bonds. The van der Waals surface area contributed by atoms with E-state index in [1.165, 1.54) is 6.07 Å². The number of aromatic nitrogens is 2.